The van der Waals surface area contributed by atoms with Gasteiger partial charge in [0.05, 0.1) is 32.0 Å². The van der Waals surface area contributed by atoms with Gasteiger partial charge in [0, 0.05) is 46.2 Å². The number of aliphatic hydroxyl groups excluding tert-OH is 1. The van der Waals surface area contributed by atoms with E-state index in [0.29, 0.717) is 46.0 Å². The third kappa shape index (κ3) is 4.85. The summed E-state index contributed by atoms with van der Waals surface area (Å²) < 4.78 is 11.0. The summed E-state index contributed by atoms with van der Waals surface area (Å²) in [5.74, 6) is 0.106. The number of aliphatic hydroxyl groups is 1. The zero-order chi connectivity index (χ0) is 18.5. The van der Waals surface area contributed by atoms with E-state index in [0.717, 1.165) is 26.1 Å². The second-order valence-corrected chi connectivity index (χ2v) is 7.18. The second kappa shape index (κ2) is 8.98. The molecule has 0 radical (unpaired) electrons. The fourth-order valence-electron chi connectivity index (χ4n) is 3.71. The second-order valence-electron chi connectivity index (χ2n) is 7.18. The van der Waals surface area contributed by atoms with E-state index < -0.39 is 12.1 Å². The Bertz CT molecular complexity index is 500. The molecule has 0 aromatic heterocycles. The van der Waals surface area contributed by atoms with Crippen molar-refractivity contribution in [3.63, 3.8) is 0 Å². The van der Waals surface area contributed by atoms with Crippen LogP contribution in [0.4, 0.5) is 4.79 Å². The molecule has 3 atom stereocenters. The van der Waals surface area contributed by atoms with Gasteiger partial charge in [-0.25, -0.2) is 4.79 Å². The highest BCUT2D eigenvalue weighted by atomic mass is 16.5. The molecule has 148 valence electrons. The van der Waals surface area contributed by atoms with Crippen molar-refractivity contribution in [3.05, 3.63) is 0 Å². The molecule has 3 fully saturated rings. The van der Waals surface area contributed by atoms with Crippen molar-refractivity contribution in [3.8, 4) is 0 Å². The number of amides is 3. The highest BCUT2D eigenvalue weighted by Crippen LogP contribution is 2.17. The minimum atomic E-state index is -0.729. The maximum Gasteiger partial charge on any atom is 0.317 e. The lowest BCUT2D eigenvalue weighted by Crippen LogP contribution is -2.53. The molecule has 3 heterocycles. The molecule has 0 spiro atoms. The van der Waals surface area contributed by atoms with Gasteiger partial charge in [-0.05, 0) is 13.0 Å². The molecule has 3 saturated heterocycles. The van der Waals surface area contributed by atoms with Crippen LogP contribution in [0.1, 0.15) is 13.3 Å². The zero-order valence-electron chi connectivity index (χ0n) is 15.4. The molecule has 3 aliphatic heterocycles. The maximum atomic E-state index is 12.3. The molecule has 9 heteroatoms. The molecule has 3 aliphatic rings. The number of rotatable bonds is 3. The zero-order valence-corrected chi connectivity index (χ0v) is 15.4. The standard InChI is InChI=1S/C17H30N4O5/c1-13(22)20-4-2-3-19(5-6-20)11-15-16(23)14(12-26-15)18-17(24)21-7-9-25-10-8-21/h14-16,23H,2-12H2,1H3,(H,18,24). The summed E-state index contributed by atoms with van der Waals surface area (Å²) >= 11 is 0. The van der Waals surface area contributed by atoms with Gasteiger partial charge in [0.1, 0.15) is 6.10 Å². The maximum absolute atomic E-state index is 12.3. The Hall–Kier alpha value is -1.42. The van der Waals surface area contributed by atoms with Crippen LogP contribution in [-0.2, 0) is 14.3 Å². The van der Waals surface area contributed by atoms with E-state index in [1.165, 1.54) is 0 Å². The summed E-state index contributed by atoms with van der Waals surface area (Å²) in [7, 11) is 0. The summed E-state index contributed by atoms with van der Waals surface area (Å²) in [5, 5.41) is 13.4. The smallest absolute Gasteiger partial charge is 0.317 e. The van der Waals surface area contributed by atoms with Gasteiger partial charge < -0.3 is 29.7 Å². The van der Waals surface area contributed by atoms with Gasteiger partial charge in [0.25, 0.3) is 0 Å². The van der Waals surface area contributed by atoms with Crippen LogP contribution < -0.4 is 5.32 Å². The van der Waals surface area contributed by atoms with Crippen LogP contribution in [-0.4, -0.2) is 116 Å². The van der Waals surface area contributed by atoms with Crippen molar-refractivity contribution < 1.29 is 24.2 Å². The van der Waals surface area contributed by atoms with Crippen molar-refractivity contribution in [1.82, 2.24) is 20.0 Å². The molecule has 0 saturated carbocycles. The van der Waals surface area contributed by atoms with Gasteiger partial charge in [-0.3, -0.25) is 9.69 Å². The molecule has 2 N–H and O–H groups in total. The summed E-state index contributed by atoms with van der Waals surface area (Å²) in [4.78, 5) is 29.6. The van der Waals surface area contributed by atoms with Crippen molar-refractivity contribution >= 4 is 11.9 Å². The first-order valence-electron chi connectivity index (χ1n) is 9.45. The van der Waals surface area contributed by atoms with Gasteiger partial charge >= 0.3 is 6.03 Å². The Morgan fingerprint density at radius 1 is 1.08 bits per heavy atom. The number of carbonyl (C=O) groups is 2. The minimum absolute atomic E-state index is 0.106. The SMILES string of the molecule is CC(=O)N1CCCN(CC2OCC(NC(=O)N3CCOCC3)C2O)CC1. The Kier molecular flexibility index (Phi) is 6.68. The normalized spacial score (nSPS) is 30.9. The average molecular weight is 370 g/mol. The molecular formula is C17H30N4O5. The molecule has 0 aliphatic carbocycles. The van der Waals surface area contributed by atoms with Gasteiger partial charge in [-0.1, -0.05) is 0 Å². The number of nitrogens with zero attached hydrogens (tertiary/aromatic N) is 3. The van der Waals surface area contributed by atoms with Crippen LogP contribution in [0, 0.1) is 0 Å². The Balaban J connectivity index is 1.45. The van der Waals surface area contributed by atoms with E-state index in [2.05, 4.69) is 10.2 Å². The molecule has 9 nitrogen and oxygen atoms in total. The summed E-state index contributed by atoms with van der Waals surface area (Å²) in [6.45, 7) is 7.88. The van der Waals surface area contributed by atoms with Crippen LogP contribution in [0.5, 0.6) is 0 Å². The topological polar surface area (TPSA) is 94.6 Å². The van der Waals surface area contributed by atoms with Gasteiger partial charge in [0.2, 0.25) is 5.91 Å². The van der Waals surface area contributed by atoms with Crippen molar-refractivity contribution in [2.75, 3.05) is 65.6 Å². The lowest BCUT2D eigenvalue weighted by molar-refractivity contribution is -0.128. The fourth-order valence-corrected chi connectivity index (χ4v) is 3.71. The molecular weight excluding hydrogens is 340 g/mol. The number of hydrogen-bond acceptors (Lipinski definition) is 6. The highest BCUT2D eigenvalue weighted by molar-refractivity contribution is 5.74. The van der Waals surface area contributed by atoms with E-state index in [9.17, 15) is 14.7 Å². The third-order valence-corrected chi connectivity index (χ3v) is 5.36. The third-order valence-electron chi connectivity index (χ3n) is 5.36. The van der Waals surface area contributed by atoms with Crippen LogP contribution in [0.2, 0.25) is 0 Å². The lowest BCUT2D eigenvalue weighted by atomic mass is 10.1. The number of hydrogen-bond donors (Lipinski definition) is 2. The molecule has 3 unspecified atom stereocenters. The molecule has 26 heavy (non-hydrogen) atoms. The minimum Gasteiger partial charge on any atom is -0.388 e. The quantitative estimate of drug-likeness (QED) is 0.642. The van der Waals surface area contributed by atoms with E-state index in [-0.39, 0.29) is 18.0 Å². The van der Waals surface area contributed by atoms with Crippen LogP contribution in [0.25, 0.3) is 0 Å². The van der Waals surface area contributed by atoms with Crippen LogP contribution >= 0.6 is 0 Å². The number of nitrogens with one attached hydrogen (secondary N) is 1. The molecule has 0 aromatic carbocycles. The Morgan fingerprint density at radius 3 is 2.58 bits per heavy atom. The fraction of sp³-hybridized carbons (Fsp3) is 0.882. The van der Waals surface area contributed by atoms with E-state index in [1.807, 2.05) is 4.90 Å². The first kappa shape index (κ1) is 19.3. The lowest BCUT2D eigenvalue weighted by Gasteiger charge is -2.29. The molecule has 0 aromatic rings. The average Bonchev–Trinajstić information content (AvgIpc) is 2.85. The van der Waals surface area contributed by atoms with Crippen LogP contribution in [0.15, 0.2) is 0 Å². The number of morpholine rings is 1. The predicted octanol–water partition coefficient (Wildman–Crippen LogP) is -1.29. The van der Waals surface area contributed by atoms with Gasteiger partial charge in [0.15, 0.2) is 0 Å². The number of ether oxygens (including phenoxy) is 2. The predicted molar refractivity (Wildman–Crippen MR) is 93.8 cm³/mol. The van der Waals surface area contributed by atoms with Crippen molar-refractivity contribution in [2.24, 2.45) is 0 Å². The largest absolute Gasteiger partial charge is 0.388 e. The van der Waals surface area contributed by atoms with Gasteiger partial charge in [-0.15, -0.1) is 0 Å². The number of carbonyl (C=O) groups excluding carboxylic acids is 2. The summed E-state index contributed by atoms with van der Waals surface area (Å²) in [6, 6.07) is -0.565. The Labute approximate surface area is 154 Å². The van der Waals surface area contributed by atoms with E-state index in [1.54, 1.807) is 11.8 Å². The molecule has 0 bridgehead atoms. The monoisotopic (exact) mass is 370 g/mol. The van der Waals surface area contributed by atoms with E-state index >= 15 is 0 Å². The number of urea groups is 1. The summed E-state index contributed by atoms with van der Waals surface area (Å²) in [6.07, 6.45) is -0.138. The first-order chi connectivity index (χ1) is 12.5. The Morgan fingerprint density at radius 2 is 1.85 bits per heavy atom. The van der Waals surface area contributed by atoms with Gasteiger partial charge in [-0.2, -0.15) is 0 Å². The summed E-state index contributed by atoms with van der Waals surface area (Å²) in [5.41, 5.74) is 0. The van der Waals surface area contributed by atoms with Crippen molar-refractivity contribution in [2.45, 2.75) is 31.6 Å². The van der Waals surface area contributed by atoms with Crippen molar-refractivity contribution in [1.29, 1.82) is 0 Å². The highest BCUT2D eigenvalue weighted by Gasteiger charge is 2.38. The van der Waals surface area contributed by atoms with Crippen LogP contribution in [0.3, 0.4) is 0 Å². The first-order valence-corrected chi connectivity index (χ1v) is 9.45. The van der Waals surface area contributed by atoms with E-state index in [4.69, 9.17) is 9.47 Å². The molecule has 3 amide bonds. The molecule has 3 rings (SSSR count).